The predicted molar refractivity (Wildman–Crippen MR) is 78.1 cm³/mol. The highest BCUT2D eigenvalue weighted by atomic mass is 16.6. The van der Waals surface area contributed by atoms with Gasteiger partial charge in [-0.1, -0.05) is 30.3 Å². The van der Waals surface area contributed by atoms with Gasteiger partial charge in [-0.3, -0.25) is 10.1 Å². The summed E-state index contributed by atoms with van der Waals surface area (Å²) in [5.41, 5.74) is 0.840. The average molecular weight is 296 g/mol. The zero-order chi connectivity index (χ0) is 15.9. The number of carbonyl (C=O) groups excluding carboxylic acids is 1. The number of esters is 1. The summed E-state index contributed by atoms with van der Waals surface area (Å²) in [6.07, 6.45) is -0.911. The molecular formula is C16H12N2O4. The van der Waals surface area contributed by atoms with Gasteiger partial charge < -0.3 is 4.74 Å². The van der Waals surface area contributed by atoms with Crippen molar-refractivity contribution >= 4 is 11.7 Å². The van der Waals surface area contributed by atoms with Crippen LogP contribution in [0.3, 0.4) is 0 Å². The van der Waals surface area contributed by atoms with Crippen molar-refractivity contribution in [3.8, 4) is 6.07 Å². The molecule has 0 fully saturated rings. The number of ether oxygens (including phenoxy) is 1. The van der Waals surface area contributed by atoms with Crippen LogP contribution in [0.5, 0.6) is 0 Å². The van der Waals surface area contributed by atoms with Crippen LogP contribution in [-0.4, -0.2) is 17.0 Å². The normalized spacial score (nSPS) is 11.2. The summed E-state index contributed by atoms with van der Waals surface area (Å²) in [6.45, 7) is 0. The molecule has 110 valence electrons. The number of rotatable bonds is 5. The summed E-state index contributed by atoms with van der Waals surface area (Å²) < 4.78 is 5.12. The molecular weight excluding hydrogens is 284 g/mol. The predicted octanol–water partition coefficient (Wildman–Crippen LogP) is 2.89. The van der Waals surface area contributed by atoms with E-state index in [2.05, 4.69) is 0 Å². The molecule has 6 nitrogen and oxygen atoms in total. The van der Waals surface area contributed by atoms with Gasteiger partial charge in [0, 0.05) is 18.6 Å². The van der Waals surface area contributed by atoms with Crippen molar-refractivity contribution in [3.63, 3.8) is 0 Å². The van der Waals surface area contributed by atoms with Crippen molar-refractivity contribution < 1.29 is 14.5 Å². The van der Waals surface area contributed by atoms with Crippen LogP contribution in [0.25, 0.3) is 0 Å². The lowest BCUT2D eigenvalue weighted by Gasteiger charge is -2.11. The summed E-state index contributed by atoms with van der Waals surface area (Å²) in [6, 6.07) is 16.1. The van der Waals surface area contributed by atoms with E-state index in [0.29, 0.717) is 11.1 Å². The van der Waals surface area contributed by atoms with Gasteiger partial charge in [0.2, 0.25) is 0 Å². The molecule has 2 aromatic rings. The van der Waals surface area contributed by atoms with Crippen LogP contribution in [0.4, 0.5) is 5.69 Å². The zero-order valence-corrected chi connectivity index (χ0v) is 11.5. The minimum Gasteiger partial charge on any atom is -0.443 e. The molecule has 0 spiro atoms. The standard InChI is InChI=1S/C16H12N2O4/c17-11-15(22-16(19)13-6-2-1-3-7-13)10-12-5-4-8-14(9-12)18(20)21/h1-9,15H,10H2. The fourth-order valence-corrected chi connectivity index (χ4v) is 1.90. The van der Waals surface area contributed by atoms with Crippen molar-refractivity contribution in [2.45, 2.75) is 12.5 Å². The van der Waals surface area contributed by atoms with E-state index >= 15 is 0 Å². The van der Waals surface area contributed by atoms with Crippen molar-refractivity contribution in [1.29, 1.82) is 5.26 Å². The molecule has 0 saturated heterocycles. The molecule has 0 saturated carbocycles. The second-order valence-corrected chi connectivity index (χ2v) is 4.52. The number of benzene rings is 2. The summed E-state index contributed by atoms with van der Waals surface area (Å²) in [5.74, 6) is -0.599. The fraction of sp³-hybridized carbons (Fsp3) is 0.125. The van der Waals surface area contributed by atoms with Gasteiger partial charge in [0.1, 0.15) is 6.07 Å². The largest absolute Gasteiger partial charge is 0.443 e. The second kappa shape index (κ2) is 6.99. The highest BCUT2D eigenvalue weighted by molar-refractivity contribution is 5.89. The van der Waals surface area contributed by atoms with Crippen LogP contribution in [0.15, 0.2) is 54.6 Å². The molecule has 0 bridgehead atoms. The molecule has 0 N–H and O–H groups in total. The first kappa shape index (κ1) is 15.2. The first-order chi connectivity index (χ1) is 10.6. The van der Waals surface area contributed by atoms with Crippen LogP contribution in [0.1, 0.15) is 15.9 Å². The quantitative estimate of drug-likeness (QED) is 0.480. The third kappa shape index (κ3) is 3.90. The third-order valence-electron chi connectivity index (χ3n) is 2.95. The lowest BCUT2D eigenvalue weighted by atomic mass is 10.1. The minimum atomic E-state index is -1.00. The first-order valence-electron chi connectivity index (χ1n) is 6.49. The van der Waals surface area contributed by atoms with Crippen molar-refractivity contribution in [2.75, 3.05) is 0 Å². The average Bonchev–Trinajstić information content (AvgIpc) is 2.55. The molecule has 0 radical (unpaired) electrons. The highest BCUT2D eigenvalue weighted by Crippen LogP contribution is 2.16. The number of carbonyl (C=O) groups is 1. The topological polar surface area (TPSA) is 93.2 Å². The molecule has 0 aliphatic heterocycles. The Morgan fingerprint density at radius 3 is 2.59 bits per heavy atom. The van der Waals surface area contributed by atoms with Crippen LogP contribution < -0.4 is 0 Å². The number of nitro groups is 1. The molecule has 6 heteroatoms. The Balaban J connectivity index is 2.07. The Labute approximate surface area is 126 Å². The number of non-ortho nitro benzene ring substituents is 1. The van der Waals surface area contributed by atoms with Crippen LogP contribution in [0.2, 0.25) is 0 Å². The maximum Gasteiger partial charge on any atom is 0.339 e. The Morgan fingerprint density at radius 1 is 1.23 bits per heavy atom. The van der Waals surface area contributed by atoms with E-state index in [1.165, 1.54) is 18.2 Å². The van der Waals surface area contributed by atoms with Crippen molar-refractivity contribution in [2.24, 2.45) is 0 Å². The lowest BCUT2D eigenvalue weighted by molar-refractivity contribution is -0.384. The molecule has 0 amide bonds. The van der Waals surface area contributed by atoms with Crippen LogP contribution in [0, 0.1) is 21.4 Å². The van der Waals surface area contributed by atoms with Gasteiger partial charge in [0.05, 0.1) is 10.5 Å². The maximum atomic E-state index is 11.9. The number of nitro benzene ring substituents is 1. The number of hydrogen-bond acceptors (Lipinski definition) is 5. The Kier molecular flexibility index (Phi) is 4.83. The van der Waals surface area contributed by atoms with Gasteiger partial charge in [-0.05, 0) is 17.7 Å². The smallest absolute Gasteiger partial charge is 0.339 e. The van der Waals surface area contributed by atoms with Gasteiger partial charge in [0.15, 0.2) is 6.10 Å². The Bertz CT molecular complexity index is 722. The molecule has 0 aliphatic carbocycles. The maximum absolute atomic E-state index is 11.9. The SMILES string of the molecule is N#CC(Cc1cccc([N+](=O)[O-])c1)OC(=O)c1ccccc1. The third-order valence-corrected chi connectivity index (χ3v) is 2.95. The van der Waals surface area contributed by atoms with E-state index < -0.39 is 17.0 Å². The van der Waals surface area contributed by atoms with E-state index in [9.17, 15) is 14.9 Å². The molecule has 0 aliphatic rings. The molecule has 1 atom stereocenters. The minimum absolute atomic E-state index is 0.0661. The Morgan fingerprint density at radius 2 is 1.95 bits per heavy atom. The fourth-order valence-electron chi connectivity index (χ4n) is 1.90. The Hall–Kier alpha value is -3.20. The van der Waals surface area contributed by atoms with Gasteiger partial charge in [0.25, 0.3) is 5.69 Å². The van der Waals surface area contributed by atoms with E-state index in [4.69, 9.17) is 10.00 Å². The first-order valence-corrected chi connectivity index (χ1v) is 6.49. The highest BCUT2D eigenvalue weighted by Gasteiger charge is 2.17. The molecule has 1 unspecified atom stereocenters. The van der Waals surface area contributed by atoms with E-state index in [0.717, 1.165) is 0 Å². The number of nitrogens with zero attached hydrogens (tertiary/aromatic N) is 2. The lowest BCUT2D eigenvalue weighted by Crippen LogP contribution is -2.19. The van der Waals surface area contributed by atoms with E-state index in [1.807, 2.05) is 6.07 Å². The molecule has 22 heavy (non-hydrogen) atoms. The van der Waals surface area contributed by atoms with Crippen molar-refractivity contribution in [3.05, 3.63) is 75.8 Å². The summed E-state index contributed by atoms with van der Waals surface area (Å²) in [7, 11) is 0. The number of hydrogen-bond donors (Lipinski definition) is 0. The van der Waals surface area contributed by atoms with Crippen molar-refractivity contribution in [1.82, 2.24) is 0 Å². The van der Waals surface area contributed by atoms with E-state index in [1.54, 1.807) is 36.4 Å². The van der Waals surface area contributed by atoms with Gasteiger partial charge in [-0.2, -0.15) is 5.26 Å². The zero-order valence-electron chi connectivity index (χ0n) is 11.5. The van der Waals surface area contributed by atoms with Crippen LogP contribution in [-0.2, 0) is 11.2 Å². The molecule has 0 heterocycles. The van der Waals surface area contributed by atoms with Gasteiger partial charge in [-0.25, -0.2) is 4.79 Å². The van der Waals surface area contributed by atoms with E-state index in [-0.39, 0.29) is 12.1 Å². The summed E-state index contributed by atoms with van der Waals surface area (Å²) in [5, 5.41) is 19.8. The second-order valence-electron chi connectivity index (χ2n) is 4.52. The monoisotopic (exact) mass is 296 g/mol. The molecule has 2 rings (SSSR count). The summed E-state index contributed by atoms with van der Waals surface area (Å²) >= 11 is 0. The number of nitriles is 1. The van der Waals surface area contributed by atoms with Crippen LogP contribution >= 0.6 is 0 Å². The summed E-state index contributed by atoms with van der Waals surface area (Å²) in [4.78, 5) is 22.1. The molecule has 0 aromatic heterocycles. The molecule has 2 aromatic carbocycles. The van der Waals surface area contributed by atoms with Gasteiger partial charge >= 0.3 is 5.97 Å². The van der Waals surface area contributed by atoms with Gasteiger partial charge in [-0.15, -0.1) is 0 Å².